The van der Waals surface area contributed by atoms with E-state index in [1.165, 1.54) is 5.56 Å². The fraction of sp³-hybridized carbons (Fsp3) is 0.611. The smallest absolute Gasteiger partial charge is 0.320 e. The summed E-state index contributed by atoms with van der Waals surface area (Å²) in [7, 11) is 0. The Hall–Kier alpha value is -1.55. The number of hydrogen-bond donors (Lipinski definition) is 0. The Balaban J connectivity index is 1.90. The van der Waals surface area contributed by atoms with Crippen LogP contribution in [-0.2, 0) is 9.53 Å². The molecule has 1 saturated heterocycles. The number of hydrogen-bond acceptors (Lipinski definition) is 4. The highest BCUT2D eigenvalue weighted by Gasteiger charge is 2.27. The molecule has 0 N–H and O–H groups in total. The molecule has 0 saturated carbocycles. The maximum atomic E-state index is 11.9. The number of ether oxygens (including phenoxy) is 2. The highest BCUT2D eigenvalue weighted by molar-refractivity contribution is 5.71. The van der Waals surface area contributed by atoms with Gasteiger partial charge in [0, 0.05) is 6.04 Å². The first-order valence-corrected chi connectivity index (χ1v) is 8.37. The van der Waals surface area contributed by atoms with E-state index in [4.69, 9.17) is 9.47 Å². The van der Waals surface area contributed by atoms with Crippen LogP contribution in [0.2, 0.25) is 0 Å². The number of rotatable bonds is 8. The van der Waals surface area contributed by atoms with Crippen molar-refractivity contribution in [1.29, 1.82) is 0 Å². The summed E-state index contributed by atoms with van der Waals surface area (Å²) in [5, 5.41) is 0. The molecule has 1 aromatic carbocycles. The Morgan fingerprint density at radius 1 is 1.27 bits per heavy atom. The maximum Gasteiger partial charge on any atom is 0.320 e. The van der Waals surface area contributed by atoms with Crippen LogP contribution >= 0.6 is 0 Å². The minimum atomic E-state index is -0.105. The zero-order valence-electron chi connectivity index (χ0n) is 13.7. The van der Waals surface area contributed by atoms with Crippen LogP contribution in [0.1, 0.15) is 51.1 Å². The van der Waals surface area contributed by atoms with Crippen molar-refractivity contribution >= 4 is 5.97 Å². The molecule has 1 atom stereocenters. The van der Waals surface area contributed by atoms with Crippen LogP contribution in [0, 0.1) is 0 Å². The van der Waals surface area contributed by atoms with E-state index in [-0.39, 0.29) is 5.97 Å². The quantitative estimate of drug-likeness (QED) is 0.544. The van der Waals surface area contributed by atoms with Gasteiger partial charge in [0.15, 0.2) is 0 Å². The van der Waals surface area contributed by atoms with Crippen LogP contribution in [0.25, 0.3) is 0 Å². The molecule has 4 nitrogen and oxygen atoms in total. The predicted molar refractivity (Wildman–Crippen MR) is 87.0 cm³/mol. The highest BCUT2D eigenvalue weighted by Crippen LogP contribution is 2.32. The zero-order valence-corrected chi connectivity index (χ0v) is 13.7. The number of carbonyl (C=O) groups is 1. The molecule has 1 heterocycles. The van der Waals surface area contributed by atoms with Gasteiger partial charge in [0.25, 0.3) is 0 Å². The SMILES string of the molecule is CCCCOC(=O)CN1CCCC1c1ccc(OCC)cc1. The van der Waals surface area contributed by atoms with Gasteiger partial charge < -0.3 is 9.47 Å². The van der Waals surface area contributed by atoms with Crippen molar-refractivity contribution in [2.45, 2.75) is 45.6 Å². The molecular weight excluding hydrogens is 278 g/mol. The summed E-state index contributed by atoms with van der Waals surface area (Å²) in [6, 6.07) is 8.55. The molecule has 4 heteroatoms. The standard InChI is InChI=1S/C18H27NO3/c1-3-5-13-22-18(20)14-19-12-6-7-17(19)15-8-10-16(11-9-15)21-4-2/h8-11,17H,3-7,12-14H2,1-2H3. The summed E-state index contributed by atoms with van der Waals surface area (Å²) in [5.41, 5.74) is 1.25. The van der Waals surface area contributed by atoms with Gasteiger partial charge in [0.2, 0.25) is 0 Å². The number of nitrogens with zero attached hydrogens (tertiary/aromatic N) is 1. The second-order valence-corrected chi connectivity index (χ2v) is 5.70. The Morgan fingerprint density at radius 3 is 2.73 bits per heavy atom. The van der Waals surface area contributed by atoms with E-state index >= 15 is 0 Å². The number of benzene rings is 1. The minimum absolute atomic E-state index is 0.105. The van der Waals surface area contributed by atoms with Crippen LogP contribution < -0.4 is 4.74 Å². The number of unbranched alkanes of at least 4 members (excludes halogenated alkanes) is 1. The van der Waals surface area contributed by atoms with E-state index in [0.717, 1.165) is 38.0 Å². The summed E-state index contributed by atoms with van der Waals surface area (Å²) in [4.78, 5) is 14.1. The van der Waals surface area contributed by atoms with E-state index in [1.807, 2.05) is 19.1 Å². The lowest BCUT2D eigenvalue weighted by atomic mass is 10.0. The first-order valence-electron chi connectivity index (χ1n) is 8.37. The highest BCUT2D eigenvalue weighted by atomic mass is 16.5. The molecule has 0 bridgehead atoms. The maximum absolute atomic E-state index is 11.9. The molecule has 0 aliphatic carbocycles. The van der Waals surface area contributed by atoms with E-state index in [9.17, 15) is 4.79 Å². The third-order valence-corrected chi connectivity index (χ3v) is 4.03. The average molecular weight is 305 g/mol. The summed E-state index contributed by atoms with van der Waals surface area (Å²) in [6.07, 6.45) is 4.20. The number of carbonyl (C=O) groups excluding carboxylic acids is 1. The summed E-state index contributed by atoms with van der Waals surface area (Å²) in [6.45, 7) is 6.64. The molecule has 0 aromatic heterocycles. The first-order chi connectivity index (χ1) is 10.7. The number of likely N-dealkylation sites (tertiary alicyclic amines) is 1. The van der Waals surface area contributed by atoms with Gasteiger partial charge >= 0.3 is 5.97 Å². The normalized spacial score (nSPS) is 18.4. The van der Waals surface area contributed by atoms with Gasteiger partial charge in [-0.05, 0) is 50.4 Å². The van der Waals surface area contributed by atoms with Crippen molar-refractivity contribution in [2.75, 3.05) is 26.3 Å². The fourth-order valence-electron chi connectivity index (χ4n) is 2.89. The average Bonchev–Trinajstić information content (AvgIpc) is 2.97. The molecule has 122 valence electrons. The van der Waals surface area contributed by atoms with Crippen molar-refractivity contribution in [2.24, 2.45) is 0 Å². The second-order valence-electron chi connectivity index (χ2n) is 5.70. The Labute approximate surface area is 133 Å². The third kappa shape index (κ3) is 4.73. The molecule has 1 aromatic rings. The lowest BCUT2D eigenvalue weighted by molar-refractivity contribution is -0.145. The molecule has 1 aliphatic rings. The summed E-state index contributed by atoms with van der Waals surface area (Å²) >= 11 is 0. The Morgan fingerprint density at radius 2 is 2.05 bits per heavy atom. The number of esters is 1. The third-order valence-electron chi connectivity index (χ3n) is 4.03. The van der Waals surface area contributed by atoms with E-state index in [0.29, 0.717) is 25.8 Å². The molecule has 0 amide bonds. The Kier molecular flexibility index (Phi) is 6.72. The second kappa shape index (κ2) is 8.79. The molecule has 1 unspecified atom stereocenters. The molecule has 0 spiro atoms. The largest absolute Gasteiger partial charge is 0.494 e. The van der Waals surface area contributed by atoms with Crippen LogP contribution in [0.3, 0.4) is 0 Å². The van der Waals surface area contributed by atoms with Gasteiger partial charge in [-0.25, -0.2) is 0 Å². The van der Waals surface area contributed by atoms with Crippen molar-refractivity contribution in [3.63, 3.8) is 0 Å². The van der Waals surface area contributed by atoms with Crippen molar-refractivity contribution in [3.8, 4) is 5.75 Å². The van der Waals surface area contributed by atoms with Crippen molar-refractivity contribution in [1.82, 2.24) is 4.90 Å². The van der Waals surface area contributed by atoms with Gasteiger partial charge in [0.1, 0.15) is 5.75 Å². The van der Waals surface area contributed by atoms with Gasteiger partial charge in [-0.15, -0.1) is 0 Å². The molecule has 2 rings (SSSR count). The van der Waals surface area contributed by atoms with Crippen LogP contribution in [0.4, 0.5) is 0 Å². The molecule has 0 radical (unpaired) electrons. The van der Waals surface area contributed by atoms with Gasteiger partial charge in [-0.1, -0.05) is 25.5 Å². The Bertz CT molecular complexity index is 458. The topological polar surface area (TPSA) is 38.8 Å². The predicted octanol–water partition coefficient (Wildman–Crippen LogP) is 3.57. The van der Waals surface area contributed by atoms with Gasteiger partial charge in [-0.3, -0.25) is 9.69 Å². The van der Waals surface area contributed by atoms with Crippen LogP contribution in [-0.4, -0.2) is 37.2 Å². The van der Waals surface area contributed by atoms with Gasteiger partial charge in [0.05, 0.1) is 19.8 Å². The molecule has 1 fully saturated rings. The van der Waals surface area contributed by atoms with Crippen LogP contribution in [0.5, 0.6) is 5.75 Å². The minimum Gasteiger partial charge on any atom is -0.494 e. The molecule has 1 aliphatic heterocycles. The molecular formula is C18H27NO3. The first kappa shape index (κ1) is 16.8. The van der Waals surface area contributed by atoms with E-state index in [1.54, 1.807) is 0 Å². The monoisotopic (exact) mass is 305 g/mol. The summed E-state index contributed by atoms with van der Waals surface area (Å²) < 4.78 is 10.8. The van der Waals surface area contributed by atoms with Crippen molar-refractivity contribution < 1.29 is 14.3 Å². The van der Waals surface area contributed by atoms with E-state index < -0.39 is 0 Å². The van der Waals surface area contributed by atoms with Gasteiger partial charge in [-0.2, -0.15) is 0 Å². The van der Waals surface area contributed by atoms with Crippen molar-refractivity contribution in [3.05, 3.63) is 29.8 Å². The van der Waals surface area contributed by atoms with Crippen LogP contribution in [0.15, 0.2) is 24.3 Å². The summed E-state index contributed by atoms with van der Waals surface area (Å²) in [5.74, 6) is 0.793. The molecule has 22 heavy (non-hydrogen) atoms. The lowest BCUT2D eigenvalue weighted by Crippen LogP contribution is -2.30. The lowest BCUT2D eigenvalue weighted by Gasteiger charge is -2.24. The fourth-order valence-corrected chi connectivity index (χ4v) is 2.89. The van der Waals surface area contributed by atoms with E-state index in [2.05, 4.69) is 24.0 Å². The zero-order chi connectivity index (χ0) is 15.8.